The van der Waals surface area contributed by atoms with E-state index in [0.717, 1.165) is 26.1 Å². The van der Waals surface area contributed by atoms with Crippen LogP contribution in [0.2, 0.25) is 0 Å². The Hall–Kier alpha value is -0.120. The zero-order chi connectivity index (χ0) is 25.5. The smallest absolute Gasteiger partial charge is 0.0538 e. The third-order valence-corrected chi connectivity index (χ3v) is 7.25. The Morgan fingerprint density at radius 1 is 0.400 bits per heavy atom. The third-order valence-electron chi connectivity index (χ3n) is 7.25. The Kier molecular flexibility index (Phi) is 31.8. The van der Waals surface area contributed by atoms with Crippen LogP contribution in [-0.4, -0.2) is 38.1 Å². The van der Waals surface area contributed by atoms with Gasteiger partial charge in [-0.15, -0.1) is 0 Å². The first-order valence-electron chi connectivity index (χ1n) is 16.1. The average molecular weight is 499 g/mol. The maximum Gasteiger partial charge on any atom is 0.0538 e. The van der Waals surface area contributed by atoms with E-state index in [0.29, 0.717) is 13.2 Å². The van der Waals surface area contributed by atoms with Gasteiger partial charge in [-0.05, 0) is 12.8 Å². The molecule has 0 rings (SSSR count). The molecule has 212 valence electrons. The minimum atomic E-state index is 0.129. The number of hydrogen-bond acceptors (Lipinski definition) is 3. The van der Waals surface area contributed by atoms with Crippen molar-refractivity contribution in [1.82, 2.24) is 0 Å². The van der Waals surface area contributed by atoms with Gasteiger partial charge in [0.1, 0.15) is 0 Å². The fraction of sp³-hybridized carbons (Fsp3) is 1.00. The summed E-state index contributed by atoms with van der Waals surface area (Å²) in [5, 5.41) is 9.57. The van der Waals surface area contributed by atoms with Gasteiger partial charge in [-0.25, -0.2) is 0 Å². The van der Waals surface area contributed by atoms with Gasteiger partial charge in [0.15, 0.2) is 0 Å². The van der Waals surface area contributed by atoms with E-state index in [1.54, 1.807) is 0 Å². The number of unbranched alkanes of at least 4 members (excludes halogenated alkanes) is 22. The molecule has 0 atom stereocenters. The first-order chi connectivity index (χ1) is 17.3. The molecular formula is C32H66O3. The minimum absolute atomic E-state index is 0.129. The summed E-state index contributed by atoms with van der Waals surface area (Å²) in [6.07, 6.45) is 32.9. The second-order valence-corrected chi connectivity index (χ2v) is 11.0. The molecule has 3 heteroatoms. The maximum atomic E-state index is 9.57. The van der Waals surface area contributed by atoms with E-state index < -0.39 is 0 Å². The lowest BCUT2D eigenvalue weighted by Crippen LogP contribution is -2.20. The highest BCUT2D eigenvalue weighted by atomic mass is 16.5. The number of aliphatic hydroxyl groups excluding tert-OH is 1. The van der Waals surface area contributed by atoms with E-state index in [9.17, 15) is 5.11 Å². The molecule has 3 nitrogen and oxygen atoms in total. The number of aliphatic hydroxyl groups is 1. The van der Waals surface area contributed by atoms with Gasteiger partial charge in [-0.2, -0.15) is 0 Å². The second-order valence-electron chi connectivity index (χ2n) is 11.0. The van der Waals surface area contributed by atoms with Crippen molar-refractivity contribution in [3.05, 3.63) is 0 Å². The monoisotopic (exact) mass is 499 g/mol. The summed E-state index contributed by atoms with van der Waals surface area (Å²) in [4.78, 5) is 0. The summed E-state index contributed by atoms with van der Waals surface area (Å²) < 4.78 is 11.6. The Morgan fingerprint density at radius 2 is 0.657 bits per heavy atom. The average Bonchev–Trinajstić information content (AvgIpc) is 2.87. The molecule has 0 saturated carbocycles. The van der Waals surface area contributed by atoms with Gasteiger partial charge in [-0.3, -0.25) is 0 Å². The van der Waals surface area contributed by atoms with Gasteiger partial charge in [0.25, 0.3) is 0 Å². The standard InChI is InChI=1S/C32H66O3/c1-3-5-7-9-11-13-15-17-19-21-23-25-27-34-30-32(29-33)31-35-28-26-24-22-20-18-16-14-12-10-8-6-4-2/h32-33H,3-31H2,1-2H3. The van der Waals surface area contributed by atoms with Gasteiger partial charge in [0.05, 0.1) is 19.8 Å². The van der Waals surface area contributed by atoms with Gasteiger partial charge < -0.3 is 14.6 Å². The molecule has 0 unspecified atom stereocenters. The lowest BCUT2D eigenvalue weighted by molar-refractivity contribution is 0.0142. The van der Waals surface area contributed by atoms with E-state index in [4.69, 9.17) is 9.47 Å². The van der Waals surface area contributed by atoms with Crippen molar-refractivity contribution in [2.24, 2.45) is 5.92 Å². The van der Waals surface area contributed by atoms with Crippen LogP contribution < -0.4 is 0 Å². The Balaban J connectivity index is 3.25. The molecule has 0 radical (unpaired) electrons. The van der Waals surface area contributed by atoms with Crippen LogP contribution in [0, 0.1) is 5.92 Å². The van der Waals surface area contributed by atoms with Crippen molar-refractivity contribution in [2.45, 2.75) is 168 Å². The molecule has 0 aliphatic carbocycles. The van der Waals surface area contributed by atoms with Gasteiger partial charge in [0, 0.05) is 19.1 Å². The molecule has 1 N–H and O–H groups in total. The first-order valence-corrected chi connectivity index (χ1v) is 16.1. The summed E-state index contributed by atoms with van der Waals surface area (Å²) >= 11 is 0. The largest absolute Gasteiger partial charge is 0.396 e. The van der Waals surface area contributed by atoms with Gasteiger partial charge in [0.2, 0.25) is 0 Å². The van der Waals surface area contributed by atoms with E-state index >= 15 is 0 Å². The molecular weight excluding hydrogens is 432 g/mol. The van der Waals surface area contributed by atoms with Crippen LogP contribution in [0.3, 0.4) is 0 Å². The van der Waals surface area contributed by atoms with E-state index in [-0.39, 0.29) is 12.5 Å². The molecule has 0 saturated heterocycles. The first kappa shape index (κ1) is 34.9. The van der Waals surface area contributed by atoms with Crippen molar-refractivity contribution in [2.75, 3.05) is 33.0 Å². The van der Waals surface area contributed by atoms with E-state index in [2.05, 4.69) is 13.8 Å². The fourth-order valence-corrected chi connectivity index (χ4v) is 4.74. The van der Waals surface area contributed by atoms with Crippen LogP contribution >= 0.6 is 0 Å². The minimum Gasteiger partial charge on any atom is -0.396 e. The molecule has 0 aliphatic rings. The molecule has 0 fully saturated rings. The van der Waals surface area contributed by atoms with Crippen molar-refractivity contribution in [3.8, 4) is 0 Å². The predicted octanol–water partition coefficient (Wildman–Crippen LogP) is 10.0. The Labute approximate surface area is 221 Å². The molecule has 0 aromatic rings. The summed E-state index contributed by atoms with van der Waals surface area (Å²) in [5.74, 6) is 0.129. The lowest BCUT2D eigenvalue weighted by atomic mass is 10.1. The SMILES string of the molecule is CCCCCCCCCCCCCCOCC(CO)COCCCCCCCCCCCCCC. The Bertz CT molecular complexity index is 329. The Morgan fingerprint density at radius 3 is 0.914 bits per heavy atom. The highest BCUT2D eigenvalue weighted by Crippen LogP contribution is 2.13. The number of hydrogen-bond donors (Lipinski definition) is 1. The highest BCUT2D eigenvalue weighted by Gasteiger charge is 2.08. The molecule has 0 spiro atoms. The predicted molar refractivity (Wildman–Crippen MR) is 154 cm³/mol. The molecule has 0 bridgehead atoms. The van der Waals surface area contributed by atoms with Gasteiger partial charge in [-0.1, -0.05) is 155 Å². The zero-order valence-electron chi connectivity index (χ0n) is 24.3. The van der Waals surface area contributed by atoms with E-state index in [1.165, 1.54) is 141 Å². The van der Waals surface area contributed by atoms with Crippen molar-refractivity contribution in [3.63, 3.8) is 0 Å². The van der Waals surface area contributed by atoms with Gasteiger partial charge >= 0.3 is 0 Å². The molecule has 35 heavy (non-hydrogen) atoms. The van der Waals surface area contributed by atoms with Crippen molar-refractivity contribution in [1.29, 1.82) is 0 Å². The summed E-state index contributed by atoms with van der Waals surface area (Å²) in [6.45, 7) is 7.65. The quantitative estimate of drug-likeness (QED) is 0.0966. The number of ether oxygens (including phenoxy) is 2. The van der Waals surface area contributed by atoms with E-state index in [1.807, 2.05) is 0 Å². The second kappa shape index (κ2) is 31.9. The van der Waals surface area contributed by atoms with Crippen LogP contribution in [0.5, 0.6) is 0 Å². The molecule has 0 aliphatic heterocycles. The number of rotatable bonds is 31. The molecule has 0 amide bonds. The summed E-state index contributed by atoms with van der Waals surface area (Å²) in [6, 6.07) is 0. The van der Waals surface area contributed by atoms with Crippen LogP contribution in [0.15, 0.2) is 0 Å². The van der Waals surface area contributed by atoms with Crippen molar-refractivity contribution >= 4 is 0 Å². The highest BCUT2D eigenvalue weighted by molar-refractivity contribution is 4.56. The molecule has 0 heterocycles. The lowest BCUT2D eigenvalue weighted by Gasteiger charge is -2.15. The molecule has 0 aromatic carbocycles. The van der Waals surface area contributed by atoms with Crippen LogP contribution in [0.25, 0.3) is 0 Å². The normalized spacial score (nSPS) is 11.7. The summed E-state index contributed by atoms with van der Waals surface area (Å²) in [5.41, 5.74) is 0. The summed E-state index contributed by atoms with van der Waals surface area (Å²) in [7, 11) is 0. The topological polar surface area (TPSA) is 38.7 Å². The third kappa shape index (κ3) is 30.0. The molecule has 0 aromatic heterocycles. The maximum absolute atomic E-state index is 9.57. The van der Waals surface area contributed by atoms with Crippen LogP contribution in [-0.2, 0) is 9.47 Å². The zero-order valence-corrected chi connectivity index (χ0v) is 24.3. The van der Waals surface area contributed by atoms with Crippen LogP contribution in [0.4, 0.5) is 0 Å². The fourth-order valence-electron chi connectivity index (χ4n) is 4.74. The van der Waals surface area contributed by atoms with Crippen LogP contribution in [0.1, 0.15) is 168 Å². The van der Waals surface area contributed by atoms with Crippen molar-refractivity contribution < 1.29 is 14.6 Å².